The molecule has 1 saturated heterocycles. The number of halogens is 1. The van der Waals surface area contributed by atoms with Crippen LogP contribution in [0.2, 0.25) is 0 Å². The highest BCUT2D eigenvalue weighted by molar-refractivity contribution is 9.10. The van der Waals surface area contributed by atoms with Gasteiger partial charge in [-0.25, -0.2) is 0 Å². The lowest BCUT2D eigenvalue weighted by Gasteiger charge is -2.13. The van der Waals surface area contributed by atoms with Crippen LogP contribution in [0.1, 0.15) is 5.56 Å². The van der Waals surface area contributed by atoms with Crippen molar-refractivity contribution >= 4 is 61.9 Å². The molecule has 1 aromatic heterocycles. The number of phenols is 1. The molecule has 24 heavy (non-hydrogen) atoms. The van der Waals surface area contributed by atoms with Gasteiger partial charge in [0, 0.05) is 6.20 Å². The lowest BCUT2D eigenvalue weighted by Crippen LogP contribution is -2.27. The van der Waals surface area contributed by atoms with E-state index in [0.29, 0.717) is 30.7 Å². The van der Waals surface area contributed by atoms with E-state index in [1.165, 1.54) is 23.8 Å². The Labute approximate surface area is 156 Å². The molecule has 0 atom stereocenters. The van der Waals surface area contributed by atoms with Crippen molar-refractivity contribution in [3.63, 3.8) is 0 Å². The van der Waals surface area contributed by atoms with Crippen LogP contribution in [0, 0.1) is 0 Å². The first-order valence-electron chi connectivity index (χ1n) is 6.75. The second-order valence-electron chi connectivity index (χ2n) is 4.78. The normalized spacial score (nSPS) is 16.1. The molecule has 1 N–H and O–H groups in total. The van der Waals surface area contributed by atoms with E-state index in [1.807, 2.05) is 0 Å². The Morgan fingerprint density at radius 2 is 2.25 bits per heavy atom. The number of ether oxygens (including phenoxy) is 1. The Morgan fingerprint density at radius 1 is 1.46 bits per heavy atom. The number of anilines is 1. The quantitative estimate of drug-likeness (QED) is 0.596. The Kier molecular flexibility index (Phi) is 4.88. The highest BCUT2D eigenvalue weighted by atomic mass is 79.9. The topological polar surface area (TPSA) is 62.7 Å². The number of nitrogens with zero attached hydrogens (tertiary/aromatic N) is 2. The number of rotatable bonds is 3. The van der Waals surface area contributed by atoms with Crippen molar-refractivity contribution in [2.75, 3.05) is 12.0 Å². The van der Waals surface area contributed by atoms with Gasteiger partial charge in [0.2, 0.25) is 0 Å². The molecule has 1 amide bonds. The van der Waals surface area contributed by atoms with Crippen molar-refractivity contribution < 1.29 is 14.6 Å². The van der Waals surface area contributed by atoms with Crippen LogP contribution in [0.25, 0.3) is 6.08 Å². The molecule has 122 valence electrons. The Hall–Kier alpha value is -1.90. The number of aromatic hydroxyl groups is 1. The van der Waals surface area contributed by atoms with Crippen molar-refractivity contribution in [1.29, 1.82) is 0 Å². The molecular weight excluding hydrogens is 412 g/mol. The fraction of sp³-hybridized carbons (Fsp3) is 0.0625. The molecule has 8 heteroatoms. The van der Waals surface area contributed by atoms with Crippen molar-refractivity contribution in [3.05, 3.63) is 51.6 Å². The molecule has 1 aliphatic heterocycles. The van der Waals surface area contributed by atoms with Gasteiger partial charge in [-0.1, -0.05) is 24.0 Å². The van der Waals surface area contributed by atoms with Crippen molar-refractivity contribution in [2.24, 2.45) is 0 Å². The molecule has 0 radical (unpaired) electrons. The maximum atomic E-state index is 12.7. The lowest BCUT2D eigenvalue weighted by atomic mass is 10.2. The van der Waals surface area contributed by atoms with Crippen LogP contribution in [0.5, 0.6) is 11.5 Å². The highest BCUT2D eigenvalue weighted by Gasteiger charge is 2.33. The number of pyridine rings is 1. The first kappa shape index (κ1) is 16.9. The van der Waals surface area contributed by atoms with Crippen LogP contribution in [-0.2, 0) is 4.79 Å². The van der Waals surface area contributed by atoms with E-state index in [-0.39, 0.29) is 11.7 Å². The van der Waals surface area contributed by atoms with E-state index in [2.05, 4.69) is 20.9 Å². The average Bonchev–Trinajstić information content (AvgIpc) is 2.85. The number of aromatic nitrogens is 1. The summed E-state index contributed by atoms with van der Waals surface area (Å²) in [4.78, 5) is 18.6. The first-order chi connectivity index (χ1) is 11.5. The third kappa shape index (κ3) is 3.17. The van der Waals surface area contributed by atoms with Gasteiger partial charge in [-0.15, -0.1) is 0 Å². The molecule has 0 unspecified atom stereocenters. The largest absolute Gasteiger partial charge is 0.503 e. The summed E-state index contributed by atoms with van der Waals surface area (Å²) < 4.78 is 6.05. The van der Waals surface area contributed by atoms with E-state index in [4.69, 9.17) is 17.0 Å². The van der Waals surface area contributed by atoms with Gasteiger partial charge >= 0.3 is 0 Å². The Balaban J connectivity index is 1.97. The summed E-state index contributed by atoms with van der Waals surface area (Å²) in [5, 5.41) is 9.87. The van der Waals surface area contributed by atoms with Crippen LogP contribution in [0.4, 0.5) is 5.69 Å². The molecule has 5 nitrogen and oxygen atoms in total. The Bertz CT molecular complexity index is 856. The standard InChI is InChI=1S/C16H11BrN2O3S2/c1-22-12-6-9(5-11(17)14(12)20)7-13-15(21)19(16(23)24-13)10-3-2-4-18-8-10/h2-8,20H,1H3/b13-7+. The van der Waals surface area contributed by atoms with Gasteiger partial charge in [0.1, 0.15) is 0 Å². The molecule has 0 spiro atoms. The minimum atomic E-state index is -0.207. The van der Waals surface area contributed by atoms with Crippen LogP contribution < -0.4 is 9.64 Å². The van der Waals surface area contributed by atoms with E-state index in [9.17, 15) is 9.90 Å². The number of thiocarbonyl (C=S) groups is 1. The van der Waals surface area contributed by atoms with Crippen molar-refractivity contribution in [3.8, 4) is 11.5 Å². The SMILES string of the molecule is COc1cc(/C=C2/SC(=S)N(c3cccnc3)C2=O)cc(Br)c1O. The van der Waals surface area contributed by atoms with Gasteiger partial charge in [-0.2, -0.15) is 0 Å². The molecule has 1 fully saturated rings. The van der Waals surface area contributed by atoms with Crippen LogP contribution in [0.15, 0.2) is 46.0 Å². The predicted octanol–water partition coefficient (Wildman–Crippen LogP) is 3.96. The van der Waals surface area contributed by atoms with E-state index in [1.54, 1.807) is 42.7 Å². The molecule has 2 heterocycles. The number of benzene rings is 1. The summed E-state index contributed by atoms with van der Waals surface area (Å²) in [5.74, 6) is 0.122. The summed E-state index contributed by atoms with van der Waals surface area (Å²) in [6.07, 6.45) is 4.94. The molecule has 1 aromatic carbocycles. The summed E-state index contributed by atoms with van der Waals surface area (Å²) in [6, 6.07) is 6.88. The van der Waals surface area contributed by atoms with E-state index in [0.717, 1.165) is 0 Å². The maximum Gasteiger partial charge on any atom is 0.270 e. The summed E-state index contributed by atoms with van der Waals surface area (Å²) >= 11 is 9.80. The molecule has 3 rings (SSSR count). The summed E-state index contributed by atoms with van der Waals surface area (Å²) in [7, 11) is 1.47. The first-order valence-corrected chi connectivity index (χ1v) is 8.77. The van der Waals surface area contributed by atoms with Gasteiger partial charge in [0.05, 0.1) is 28.4 Å². The Morgan fingerprint density at radius 3 is 2.92 bits per heavy atom. The van der Waals surface area contributed by atoms with E-state index < -0.39 is 0 Å². The van der Waals surface area contributed by atoms with Crippen molar-refractivity contribution in [2.45, 2.75) is 0 Å². The number of hydrogen-bond acceptors (Lipinski definition) is 6. The van der Waals surface area contributed by atoms with E-state index >= 15 is 0 Å². The smallest absolute Gasteiger partial charge is 0.270 e. The molecule has 0 saturated carbocycles. The number of amides is 1. The predicted molar refractivity (Wildman–Crippen MR) is 102 cm³/mol. The maximum absolute atomic E-state index is 12.7. The minimum absolute atomic E-state index is 0.0116. The highest BCUT2D eigenvalue weighted by Crippen LogP contribution is 2.39. The van der Waals surface area contributed by atoms with Crippen LogP contribution in [0.3, 0.4) is 0 Å². The molecular formula is C16H11BrN2O3S2. The summed E-state index contributed by atoms with van der Waals surface area (Å²) in [5.41, 5.74) is 1.34. The number of methoxy groups -OCH3 is 1. The number of carbonyl (C=O) groups is 1. The van der Waals surface area contributed by atoms with Gasteiger partial charge in [0.25, 0.3) is 5.91 Å². The zero-order chi connectivity index (χ0) is 17.3. The zero-order valence-corrected chi connectivity index (χ0v) is 15.6. The second-order valence-corrected chi connectivity index (χ2v) is 7.31. The van der Waals surface area contributed by atoms with Gasteiger partial charge < -0.3 is 9.84 Å². The van der Waals surface area contributed by atoms with Crippen molar-refractivity contribution in [1.82, 2.24) is 4.98 Å². The van der Waals surface area contributed by atoms with Crippen LogP contribution >= 0.6 is 39.9 Å². The van der Waals surface area contributed by atoms with Gasteiger partial charge in [-0.05, 0) is 51.8 Å². The molecule has 1 aliphatic rings. The second kappa shape index (κ2) is 6.92. The number of thioether (sulfide) groups is 1. The van der Waals surface area contributed by atoms with Gasteiger partial charge in [-0.3, -0.25) is 14.7 Å². The third-order valence-electron chi connectivity index (χ3n) is 3.27. The minimum Gasteiger partial charge on any atom is -0.503 e. The van der Waals surface area contributed by atoms with Crippen LogP contribution in [-0.4, -0.2) is 27.4 Å². The fourth-order valence-corrected chi connectivity index (χ4v) is 3.92. The van der Waals surface area contributed by atoms with Gasteiger partial charge in [0.15, 0.2) is 15.8 Å². The summed E-state index contributed by atoms with van der Waals surface area (Å²) in [6.45, 7) is 0. The number of hydrogen-bond donors (Lipinski definition) is 1. The zero-order valence-electron chi connectivity index (χ0n) is 12.4. The molecule has 2 aromatic rings. The molecule has 0 bridgehead atoms. The number of phenolic OH excluding ortho intramolecular Hbond substituents is 1. The third-order valence-corrected chi connectivity index (χ3v) is 5.17. The number of carbonyl (C=O) groups excluding carboxylic acids is 1. The molecule has 0 aliphatic carbocycles. The average molecular weight is 423 g/mol. The lowest BCUT2D eigenvalue weighted by molar-refractivity contribution is -0.113. The monoisotopic (exact) mass is 422 g/mol. The fourth-order valence-electron chi connectivity index (χ4n) is 2.16.